The van der Waals surface area contributed by atoms with Crippen LogP contribution >= 0.6 is 0 Å². The molecule has 2 amide bonds. The van der Waals surface area contributed by atoms with Gasteiger partial charge in [0.15, 0.2) is 0 Å². The molecule has 4 rings (SSSR count). The van der Waals surface area contributed by atoms with Crippen molar-refractivity contribution < 1.29 is 14.3 Å². The Morgan fingerprint density at radius 3 is 2.60 bits per heavy atom. The van der Waals surface area contributed by atoms with Gasteiger partial charge in [-0.15, -0.1) is 0 Å². The molecule has 3 aromatic rings. The molecule has 1 aromatic heterocycles. The van der Waals surface area contributed by atoms with Crippen molar-refractivity contribution in [2.75, 3.05) is 23.4 Å². The van der Waals surface area contributed by atoms with Gasteiger partial charge in [0.05, 0.1) is 17.6 Å². The molecule has 1 fully saturated rings. The smallest absolute Gasteiger partial charge is 0.414 e. The molecule has 0 spiro atoms. The molecular weight excluding hydrogens is 320 g/mol. The van der Waals surface area contributed by atoms with Crippen molar-refractivity contribution in [3.63, 3.8) is 0 Å². The van der Waals surface area contributed by atoms with Crippen molar-refractivity contribution in [2.24, 2.45) is 7.05 Å². The number of rotatable bonds is 3. The molecule has 25 heavy (non-hydrogen) atoms. The molecule has 7 heteroatoms. The molecule has 1 saturated heterocycles. The van der Waals surface area contributed by atoms with Crippen LogP contribution in [0.15, 0.2) is 48.5 Å². The molecule has 0 unspecified atom stereocenters. The SMILES string of the molecule is Cn1c(NC(=O)c2ccc(N3CCOC3=O)cc2)nc2ccccc21. The van der Waals surface area contributed by atoms with E-state index < -0.39 is 0 Å². The third kappa shape index (κ3) is 2.69. The van der Waals surface area contributed by atoms with E-state index >= 15 is 0 Å². The lowest BCUT2D eigenvalue weighted by Crippen LogP contribution is -2.23. The average molecular weight is 336 g/mol. The predicted molar refractivity (Wildman–Crippen MR) is 93.8 cm³/mol. The first-order valence-electron chi connectivity index (χ1n) is 7.90. The third-order valence-corrected chi connectivity index (χ3v) is 4.21. The van der Waals surface area contributed by atoms with Gasteiger partial charge in [-0.2, -0.15) is 0 Å². The van der Waals surface area contributed by atoms with Crippen LogP contribution < -0.4 is 10.2 Å². The second-order valence-electron chi connectivity index (χ2n) is 5.75. The summed E-state index contributed by atoms with van der Waals surface area (Å²) in [6, 6.07) is 14.5. The lowest BCUT2D eigenvalue weighted by atomic mass is 10.2. The number of aryl methyl sites for hydroxylation is 1. The number of amides is 2. The van der Waals surface area contributed by atoms with E-state index in [0.717, 1.165) is 11.0 Å². The van der Waals surface area contributed by atoms with Crippen molar-refractivity contribution >= 4 is 34.7 Å². The number of carbonyl (C=O) groups is 2. The summed E-state index contributed by atoms with van der Waals surface area (Å²) in [5.74, 6) is 0.229. The number of fused-ring (bicyclic) bond motifs is 1. The Kier molecular flexibility index (Phi) is 3.61. The van der Waals surface area contributed by atoms with E-state index in [4.69, 9.17) is 4.74 Å². The maximum absolute atomic E-state index is 12.5. The monoisotopic (exact) mass is 336 g/mol. The van der Waals surface area contributed by atoms with E-state index in [2.05, 4.69) is 10.3 Å². The summed E-state index contributed by atoms with van der Waals surface area (Å²) in [5.41, 5.74) is 2.97. The Balaban J connectivity index is 1.54. The van der Waals surface area contributed by atoms with Crippen LogP contribution in [0.3, 0.4) is 0 Å². The number of cyclic esters (lactones) is 1. The molecule has 0 aliphatic carbocycles. The van der Waals surface area contributed by atoms with Crippen molar-refractivity contribution in [2.45, 2.75) is 0 Å². The van der Waals surface area contributed by atoms with E-state index in [1.54, 1.807) is 24.3 Å². The van der Waals surface area contributed by atoms with Crippen LogP contribution in [0.25, 0.3) is 11.0 Å². The van der Waals surface area contributed by atoms with Gasteiger partial charge in [0.1, 0.15) is 6.61 Å². The zero-order valence-electron chi connectivity index (χ0n) is 13.6. The van der Waals surface area contributed by atoms with Gasteiger partial charge in [0.2, 0.25) is 5.95 Å². The van der Waals surface area contributed by atoms with Crippen LogP contribution in [-0.2, 0) is 11.8 Å². The molecular formula is C18H16N4O3. The molecule has 126 valence electrons. The van der Waals surface area contributed by atoms with Crippen LogP contribution in [0.1, 0.15) is 10.4 Å². The normalized spacial score (nSPS) is 14.0. The van der Waals surface area contributed by atoms with E-state index in [1.807, 2.05) is 35.9 Å². The topological polar surface area (TPSA) is 76.5 Å². The van der Waals surface area contributed by atoms with Gasteiger partial charge in [-0.1, -0.05) is 12.1 Å². The Hall–Kier alpha value is -3.35. The van der Waals surface area contributed by atoms with Crippen LogP contribution in [0.2, 0.25) is 0 Å². The summed E-state index contributed by atoms with van der Waals surface area (Å²) in [7, 11) is 1.85. The molecule has 0 bridgehead atoms. The minimum absolute atomic E-state index is 0.256. The third-order valence-electron chi connectivity index (χ3n) is 4.21. The fraction of sp³-hybridized carbons (Fsp3) is 0.167. The van der Waals surface area contributed by atoms with Gasteiger partial charge in [-0.25, -0.2) is 9.78 Å². The van der Waals surface area contributed by atoms with Gasteiger partial charge < -0.3 is 9.30 Å². The van der Waals surface area contributed by atoms with Crippen LogP contribution in [0.4, 0.5) is 16.4 Å². The zero-order chi connectivity index (χ0) is 17.4. The summed E-state index contributed by atoms with van der Waals surface area (Å²) in [5, 5.41) is 2.82. The van der Waals surface area contributed by atoms with Crippen LogP contribution in [0, 0.1) is 0 Å². The molecule has 1 aliphatic rings. The molecule has 1 N–H and O–H groups in total. The molecule has 2 heterocycles. The Bertz CT molecular complexity index is 962. The Morgan fingerprint density at radius 1 is 1.16 bits per heavy atom. The van der Waals surface area contributed by atoms with Gasteiger partial charge in [-0.3, -0.25) is 15.0 Å². The lowest BCUT2D eigenvalue weighted by Gasteiger charge is -2.13. The molecule has 7 nitrogen and oxygen atoms in total. The zero-order valence-corrected chi connectivity index (χ0v) is 13.6. The summed E-state index contributed by atoms with van der Waals surface area (Å²) < 4.78 is 6.75. The summed E-state index contributed by atoms with van der Waals surface area (Å²) in [6.45, 7) is 0.901. The number of nitrogens with one attached hydrogen (secondary N) is 1. The highest BCUT2D eigenvalue weighted by Crippen LogP contribution is 2.21. The average Bonchev–Trinajstić information content (AvgIpc) is 3.19. The van der Waals surface area contributed by atoms with Crippen LogP contribution in [0.5, 0.6) is 0 Å². The first-order chi connectivity index (χ1) is 12.1. The summed E-state index contributed by atoms with van der Waals surface area (Å²) in [4.78, 5) is 30.0. The van der Waals surface area contributed by atoms with Crippen LogP contribution in [-0.4, -0.2) is 34.7 Å². The minimum atomic E-state index is -0.364. The Labute approximate surface area is 143 Å². The molecule has 0 saturated carbocycles. The van der Waals surface area contributed by atoms with E-state index in [1.165, 1.54) is 4.90 Å². The standard InChI is InChI=1S/C18H16N4O3/c1-21-15-5-3-2-4-14(15)19-17(21)20-16(23)12-6-8-13(9-7-12)22-10-11-25-18(22)24/h2-9H,10-11H2,1H3,(H,19,20,23). The number of carbonyl (C=O) groups excluding carboxylic acids is 2. The molecule has 0 atom stereocenters. The van der Waals surface area contributed by atoms with Crippen molar-refractivity contribution in [3.8, 4) is 0 Å². The number of aromatic nitrogens is 2. The number of imidazole rings is 1. The van der Waals surface area contributed by atoms with Crippen molar-refractivity contribution in [1.29, 1.82) is 0 Å². The van der Waals surface area contributed by atoms with E-state index in [-0.39, 0.29) is 12.0 Å². The number of ether oxygens (including phenoxy) is 1. The van der Waals surface area contributed by atoms with Gasteiger partial charge in [0.25, 0.3) is 5.91 Å². The molecule has 2 aromatic carbocycles. The number of hydrogen-bond donors (Lipinski definition) is 1. The number of hydrogen-bond acceptors (Lipinski definition) is 4. The minimum Gasteiger partial charge on any atom is -0.447 e. The number of anilines is 2. The second-order valence-corrected chi connectivity index (χ2v) is 5.75. The summed E-state index contributed by atoms with van der Waals surface area (Å²) in [6.07, 6.45) is -0.364. The number of benzene rings is 2. The van der Waals surface area contributed by atoms with E-state index in [9.17, 15) is 9.59 Å². The highest BCUT2D eigenvalue weighted by atomic mass is 16.6. The first-order valence-corrected chi connectivity index (χ1v) is 7.90. The second kappa shape index (κ2) is 5.94. The highest BCUT2D eigenvalue weighted by Gasteiger charge is 2.23. The molecule has 1 aliphatic heterocycles. The first kappa shape index (κ1) is 15.2. The van der Waals surface area contributed by atoms with Gasteiger partial charge >= 0.3 is 6.09 Å². The number of nitrogens with zero attached hydrogens (tertiary/aromatic N) is 3. The van der Waals surface area contributed by atoms with Gasteiger partial charge in [0, 0.05) is 18.3 Å². The fourth-order valence-electron chi connectivity index (χ4n) is 2.85. The quantitative estimate of drug-likeness (QED) is 0.798. The Morgan fingerprint density at radius 2 is 1.92 bits per heavy atom. The maximum atomic E-state index is 12.5. The maximum Gasteiger partial charge on any atom is 0.414 e. The van der Waals surface area contributed by atoms with Crippen molar-refractivity contribution in [3.05, 3.63) is 54.1 Å². The van der Waals surface area contributed by atoms with E-state index in [0.29, 0.717) is 30.4 Å². The fourth-order valence-corrected chi connectivity index (χ4v) is 2.85. The lowest BCUT2D eigenvalue weighted by molar-refractivity contribution is 0.102. The van der Waals surface area contributed by atoms with Crippen molar-refractivity contribution in [1.82, 2.24) is 9.55 Å². The largest absolute Gasteiger partial charge is 0.447 e. The number of para-hydroxylation sites is 2. The predicted octanol–water partition coefficient (Wildman–Crippen LogP) is 2.78. The molecule has 0 radical (unpaired) electrons. The van der Waals surface area contributed by atoms with Gasteiger partial charge in [-0.05, 0) is 36.4 Å². The summed E-state index contributed by atoms with van der Waals surface area (Å²) >= 11 is 0. The highest BCUT2D eigenvalue weighted by molar-refractivity contribution is 6.04.